The van der Waals surface area contributed by atoms with E-state index in [4.69, 9.17) is 23.3 Å². The second-order valence-electron chi connectivity index (χ2n) is 17.3. The van der Waals surface area contributed by atoms with Gasteiger partial charge in [-0.3, -0.25) is 23.4 Å². The largest absolute Gasteiger partial charge is 0.472 e. The summed E-state index contributed by atoms with van der Waals surface area (Å²) >= 11 is 0. The molecule has 0 fully saturated rings. The van der Waals surface area contributed by atoms with Gasteiger partial charge in [0, 0.05) is 12.8 Å². The molecule has 0 aliphatic carbocycles. The molecule has 3 unspecified atom stereocenters. The average Bonchev–Trinajstić information content (AvgIpc) is 3.37. The fourth-order valence-corrected chi connectivity index (χ4v) is 7.30. The number of ether oxygens (including phenoxy) is 3. The maximum Gasteiger partial charge on any atom is 0.472 e. The fourth-order valence-electron chi connectivity index (χ4n) is 6.52. The minimum Gasteiger partial charge on any atom is -0.462 e. The van der Waals surface area contributed by atoms with Gasteiger partial charge in [-0.15, -0.1) is 0 Å². The van der Waals surface area contributed by atoms with Crippen molar-refractivity contribution < 1.29 is 52.2 Å². The molecule has 0 radical (unpaired) electrons. The lowest BCUT2D eigenvalue weighted by molar-refractivity contribution is -0.160. The van der Waals surface area contributed by atoms with Crippen molar-refractivity contribution in [3.63, 3.8) is 0 Å². The molecular formula is C60H95O11P. The third-order valence-corrected chi connectivity index (χ3v) is 11.5. The summed E-state index contributed by atoms with van der Waals surface area (Å²) < 4.78 is 39.2. The number of aliphatic hydroxyl groups is 1. The number of rotatable bonds is 48. The van der Waals surface area contributed by atoms with Gasteiger partial charge >= 0.3 is 25.7 Å². The summed E-state index contributed by atoms with van der Waals surface area (Å²) in [6, 6.07) is 0. The van der Waals surface area contributed by atoms with Crippen LogP contribution < -0.4 is 0 Å². The molecule has 12 heteroatoms. The van der Waals surface area contributed by atoms with Gasteiger partial charge in [0.2, 0.25) is 0 Å². The lowest BCUT2D eigenvalue weighted by Gasteiger charge is -2.21. The summed E-state index contributed by atoms with van der Waals surface area (Å²) in [7, 11) is -4.79. The predicted molar refractivity (Wildman–Crippen MR) is 297 cm³/mol. The first-order chi connectivity index (χ1) is 35.2. The van der Waals surface area contributed by atoms with Crippen LogP contribution in [0.25, 0.3) is 0 Å². The van der Waals surface area contributed by atoms with Gasteiger partial charge in [0.05, 0.1) is 26.2 Å². The number of esters is 3. The van der Waals surface area contributed by atoms with Crippen LogP contribution in [0.1, 0.15) is 188 Å². The van der Waals surface area contributed by atoms with E-state index in [0.29, 0.717) is 25.7 Å². The fraction of sp³-hybridized carbons (Fsp3) is 0.583. The molecule has 0 aliphatic heterocycles. The summed E-state index contributed by atoms with van der Waals surface area (Å²) in [4.78, 5) is 48.3. The number of carbonyl (C=O) groups excluding carboxylic acids is 3. The second-order valence-corrected chi connectivity index (χ2v) is 18.7. The molecule has 72 heavy (non-hydrogen) atoms. The molecule has 406 valence electrons. The Hall–Kier alpha value is -4.38. The standard InChI is InChI=1S/C60H95O11P/c1-4-7-10-13-16-19-22-25-27-28-30-32-34-37-40-43-46-49-58(62)67-53-57(71-60(64)51-48-45-42-39-36-33-29-26-23-20-17-14-11-8-5-2)55-69-72(65,66)68-54-56(52-61)70-59(63)50-47-44-41-38-35-31-24-21-18-15-12-9-6-3/h7-8,10-11,16-17,19-21,24-27,29-30,32,36-37,39-40,45,48,56-57,61H,4-6,9,12-15,18,22-23,28,31,33-35,38,41-44,46-47,49-55H2,1-3H3,(H,65,66)/b10-7-,11-8-,19-16-,20-17-,24-21-,27-25-,29-26-,32-30-,39-36-,40-37-,48-45-. The van der Waals surface area contributed by atoms with E-state index in [1.54, 1.807) is 6.08 Å². The van der Waals surface area contributed by atoms with Crippen molar-refractivity contribution in [2.24, 2.45) is 0 Å². The van der Waals surface area contributed by atoms with Gasteiger partial charge < -0.3 is 24.2 Å². The molecule has 0 aromatic rings. The molecule has 0 spiro atoms. The first kappa shape index (κ1) is 67.6. The van der Waals surface area contributed by atoms with Gasteiger partial charge in [0.25, 0.3) is 0 Å². The SMILES string of the molecule is CC/C=C\C/C=C\C/C=C\C/C=C\C/C=C\CCCC(=O)OCC(COP(=O)(O)OCC(CO)OC(=O)CCCCCCC/C=C\CCCCCC)OC(=O)C/C=C\C/C=C\C/C=C\C/C=C\C/C=C\CC. The van der Waals surface area contributed by atoms with Gasteiger partial charge in [0.1, 0.15) is 12.7 Å². The van der Waals surface area contributed by atoms with Crippen molar-refractivity contribution in [1.29, 1.82) is 0 Å². The highest BCUT2D eigenvalue weighted by Crippen LogP contribution is 2.43. The number of carbonyl (C=O) groups is 3. The number of phosphoric ester groups is 1. The number of aliphatic hydroxyl groups excluding tert-OH is 1. The van der Waals surface area contributed by atoms with E-state index in [0.717, 1.165) is 96.3 Å². The highest BCUT2D eigenvalue weighted by molar-refractivity contribution is 7.47. The summed E-state index contributed by atoms with van der Waals surface area (Å²) in [5.74, 6) is -1.72. The van der Waals surface area contributed by atoms with Crippen molar-refractivity contribution in [2.45, 2.75) is 200 Å². The number of allylic oxidation sites excluding steroid dienone is 21. The zero-order valence-corrected chi connectivity index (χ0v) is 45.5. The maximum atomic E-state index is 12.9. The lowest BCUT2D eigenvalue weighted by Crippen LogP contribution is -2.30. The minimum atomic E-state index is -4.79. The van der Waals surface area contributed by atoms with E-state index < -0.39 is 64.4 Å². The second kappa shape index (κ2) is 52.9. The lowest BCUT2D eigenvalue weighted by atomic mass is 10.1. The topological polar surface area (TPSA) is 155 Å². The molecular weight excluding hydrogens is 928 g/mol. The normalized spacial score (nSPS) is 14.5. The summed E-state index contributed by atoms with van der Waals surface area (Å²) in [5.41, 5.74) is 0. The maximum absolute atomic E-state index is 12.9. The van der Waals surface area contributed by atoms with E-state index in [1.165, 1.54) is 25.7 Å². The first-order valence-corrected chi connectivity index (χ1v) is 28.6. The van der Waals surface area contributed by atoms with Crippen LogP contribution in [-0.2, 0) is 42.2 Å². The van der Waals surface area contributed by atoms with E-state index >= 15 is 0 Å². The Morgan fingerprint density at radius 1 is 0.417 bits per heavy atom. The molecule has 0 amide bonds. The third-order valence-electron chi connectivity index (χ3n) is 10.6. The summed E-state index contributed by atoms with van der Waals surface area (Å²) in [6.07, 6.45) is 66.0. The van der Waals surface area contributed by atoms with Crippen molar-refractivity contribution in [2.75, 3.05) is 26.4 Å². The van der Waals surface area contributed by atoms with Crippen LogP contribution in [0.5, 0.6) is 0 Å². The quantitative estimate of drug-likeness (QED) is 0.0197. The molecule has 0 heterocycles. The van der Waals surface area contributed by atoms with E-state index in [-0.39, 0.29) is 19.3 Å². The van der Waals surface area contributed by atoms with Crippen molar-refractivity contribution >= 4 is 25.7 Å². The molecule has 3 atom stereocenters. The Morgan fingerprint density at radius 3 is 1.28 bits per heavy atom. The van der Waals surface area contributed by atoms with Gasteiger partial charge in [-0.2, -0.15) is 0 Å². The van der Waals surface area contributed by atoms with Crippen LogP contribution in [0, 0.1) is 0 Å². The van der Waals surface area contributed by atoms with E-state index in [1.807, 2.05) is 30.4 Å². The summed E-state index contributed by atoms with van der Waals surface area (Å²) in [5, 5.41) is 9.79. The zero-order valence-electron chi connectivity index (χ0n) is 44.6. The Bertz CT molecular complexity index is 1710. The number of unbranched alkanes of at least 4 members (excludes halogenated alkanes) is 10. The first-order valence-electron chi connectivity index (χ1n) is 27.1. The van der Waals surface area contributed by atoms with Crippen molar-refractivity contribution in [1.82, 2.24) is 0 Å². The Kier molecular flexibility index (Phi) is 49.7. The van der Waals surface area contributed by atoms with Gasteiger partial charge in [-0.1, -0.05) is 193 Å². The molecule has 11 nitrogen and oxygen atoms in total. The molecule has 0 saturated heterocycles. The van der Waals surface area contributed by atoms with Crippen LogP contribution in [-0.4, -0.2) is 66.5 Å². The van der Waals surface area contributed by atoms with Crippen LogP contribution in [0.2, 0.25) is 0 Å². The number of phosphoric acid groups is 1. The highest BCUT2D eigenvalue weighted by atomic mass is 31.2. The molecule has 2 N–H and O–H groups in total. The molecule has 0 rings (SSSR count). The third kappa shape index (κ3) is 50.6. The molecule has 0 bridgehead atoms. The zero-order chi connectivity index (χ0) is 52.7. The predicted octanol–water partition coefficient (Wildman–Crippen LogP) is 15.8. The van der Waals surface area contributed by atoms with Gasteiger partial charge in [-0.25, -0.2) is 4.57 Å². The van der Waals surface area contributed by atoms with Crippen molar-refractivity contribution in [3.05, 3.63) is 134 Å². The summed E-state index contributed by atoms with van der Waals surface area (Å²) in [6.45, 7) is 4.18. The van der Waals surface area contributed by atoms with Gasteiger partial charge in [0.15, 0.2) is 6.10 Å². The molecule has 0 saturated carbocycles. The Balaban J connectivity index is 4.96. The van der Waals surface area contributed by atoms with Crippen molar-refractivity contribution in [3.8, 4) is 0 Å². The van der Waals surface area contributed by atoms with Gasteiger partial charge in [-0.05, 0) is 109 Å². The molecule has 0 aromatic carbocycles. The monoisotopic (exact) mass is 1020 g/mol. The Morgan fingerprint density at radius 2 is 0.792 bits per heavy atom. The molecule has 0 aromatic heterocycles. The van der Waals surface area contributed by atoms with Crippen LogP contribution >= 0.6 is 7.82 Å². The van der Waals surface area contributed by atoms with E-state index in [2.05, 4.69) is 118 Å². The smallest absolute Gasteiger partial charge is 0.462 e. The van der Waals surface area contributed by atoms with E-state index in [9.17, 15) is 28.9 Å². The highest BCUT2D eigenvalue weighted by Gasteiger charge is 2.28. The average molecular weight is 1020 g/mol. The van der Waals surface area contributed by atoms with Crippen LogP contribution in [0.3, 0.4) is 0 Å². The molecule has 0 aliphatic rings. The Labute approximate surface area is 436 Å². The number of hydrogen-bond acceptors (Lipinski definition) is 10. The van der Waals surface area contributed by atoms with Crippen LogP contribution in [0.15, 0.2) is 134 Å². The number of hydrogen-bond donors (Lipinski definition) is 2. The van der Waals surface area contributed by atoms with Crippen LogP contribution in [0.4, 0.5) is 0 Å². The minimum absolute atomic E-state index is 0.0844.